The van der Waals surface area contributed by atoms with Crippen LogP contribution in [-0.2, 0) is 10.0 Å². The third kappa shape index (κ3) is 2.30. The van der Waals surface area contributed by atoms with Gasteiger partial charge in [-0.1, -0.05) is 18.2 Å². The molecule has 0 amide bonds. The summed E-state index contributed by atoms with van der Waals surface area (Å²) in [6.45, 7) is 2.62. The van der Waals surface area contributed by atoms with Crippen molar-refractivity contribution in [2.45, 2.75) is 19.4 Å². The van der Waals surface area contributed by atoms with Gasteiger partial charge in [-0.15, -0.1) is 0 Å². The maximum atomic E-state index is 11.9. The highest BCUT2D eigenvalue weighted by molar-refractivity contribution is 7.93. The van der Waals surface area contributed by atoms with Gasteiger partial charge >= 0.3 is 0 Å². The van der Waals surface area contributed by atoms with Gasteiger partial charge < -0.3 is 5.32 Å². The predicted molar refractivity (Wildman–Crippen MR) is 69.7 cm³/mol. The third-order valence-electron chi connectivity index (χ3n) is 3.20. The zero-order valence-corrected chi connectivity index (χ0v) is 11.0. The first-order valence-corrected chi connectivity index (χ1v) is 7.44. The normalized spacial score (nSPS) is 20.5. The number of para-hydroxylation sites is 1. The van der Waals surface area contributed by atoms with E-state index in [4.69, 9.17) is 0 Å². The van der Waals surface area contributed by atoms with Crippen LogP contribution >= 0.6 is 0 Å². The third-order valence-corrected chi connectivity index (χ3v) is 5.06. The van der Waals surface area contributed by atoms with Gasteiger partial charge in [0.1, 0.15) is 0 Å². The van der Waals surface area contributed by atoms with Gasteiger partial charge in [0.15, 0.2) is 0 Å². The summed E-state index contributed by atoms with van der Waals surface area (Å²) >= 11 is 0. The first-order chi connectivity index (χ1) is 8.06. The van der Waals surface area contributed by atoms with Gasteiger partial charge in [0, 0.05) is 12.6 Å². The number of sulfonamides is 1. The second kappa shape index (κ2) is 4.66. The maximum Gasteiger partial charge on any atom is 0.235 e. The van der Waals surface area contributed by atoms with Crippen molar-refractivity contribution in [2.75, 3.05) is 23.7 Å². The van der Waals surface area contributed by atoms with Crippen molar-refractivity contribution >= 4 is 15.7 Å². The number of rotatable bonds is 3. The van der Waals surface area contributed by atoms with Gasteiger partial charge in [0.05, 0.1) is 11.4 Å². The smallest absolute Gasteiger partial charge is 0.235 e. The SMILES string of the molecule is CNC(C)c1ccccc1N1CCCS1(=O)=O. The summed E-state index contributed by atoms with van der Waals surface area (Å²) in [6.07, 6.45) is 0.713. The molecule has 17 heavy (non-hydrogen) atoms. The van der Waals surface area contributed by atoms with E-state index in [9.17, 15) is 8.42 Å². The molecule has 1 aromatic rings. The van der Waals surface area contributed by atoms with Crippen LogP contribution in [0.4, 0.5) is 5.69 Å². The summed E-state index contributed by atoms with van der Waals surface area (Å²) in [7, 11) is -1.22. The highest BCUT2D eigenvalue weighted by atomic mass is 32.2. The van der Waals surface area contributed by atoms with E-state index in [1.54, 1.807) is 0 Å². The van der Waals surface area contributed by atoms with E-state index in [2.05, 4.69) is 5.32 Å². The molecule has 1 aliphatic heterocycles. The van der Waals surface area contributed by atoms with Gasteiger partial charge in [-0.25, -0.2) is 8.42 Å². The standard InChI is InChI=1S/C12H18N2O2S/c1-10(13-2)11-6-3-4-7-12(11)14-8-5-9-17(14,15)16/h3-4,6-7,10,13H,5,8-9H2,1-2H3. The summed E-state index contributed by atoms with van der Waals surface area (Å²) < 4.78 is 25.4. The molecule has 0 radical (unpaired) electrons. The first-order valence-electron chi connectivity index (χ1n) is 5.83. The fourth-order valence-electron chi connectivity index (χ4n) is 2.15. The number of nitrogens with zero attached hydrogens (tertiary/aromatic N) is 1. The van der Waals surface area contributed by atoms with Crippen LogP contribution in [0.2, 0.25) is 0 Å². The number of nitrogens with one attached hydrogen (secondary N) is 1. The van der Waals surface area contributed by atoms with Gasteiger partial charge in [0.25, 0.3) is 0 Å². The molecule has 2 rings (SSSR count). The van der Waals surface area contributed by atoms with Crippen LogP contribution in [0.15, 0.2) is 24.3 Å². The Morgan fingerprint density at radius 3 is 2.65 bits per heavy atom. The molecule has 1 aliphatic rings. The molecule has 1 atom stereocenters. The highest BCUT2D eigenvalue weighted by Crippen LogP contribution is 2.30. The van der Waals surface area contributed by atoms with E-state index in [0.29, 0.717) is 13.0 Å². The Bertz CT molecular complexity index is 499. The molecule has 0 aromatic heterocycles. The molecule has 0 spiro atoms. The molecular weight excluding hydrogens is 236 g/mol. The van der Waals surface area contributed by atoms with Crippen LogP contribution in [-0.4, -0.2) is 27.8 Å². The van der Waals surface area contributed by atoms with Gasteiger partial charge in [-0.2, -0.15) is 0 Å². The Kier molecular flexibility index (Phi) is 3.40. The summed E-state index contributed by atoms with van der Waals surface area (Å²) in [5.41, 5.74) is 1.84. The topological polar surface area (TPSA) is 49.4 Å². The van der Waals surface area contributed by atoms with Crippen LogP contribution in [0.1, 0.15) is 24.9 Å². The Labute approximate surface area is 103 Å². The number of anilines is 1. The van der Waals surface area contributed by atoms with Crippen molar-refractivity contribution in [2.24, 2.45) is 0 Å². The lowest BCUT2D eigenvalue weighted by molar-refractivity contribution is 0.598. The van der Waals surface area contributed by atoms with Crippen molar-refractivity contribution in [3.63, 3.8) is 0 Å². The van der Waals surface area contributed by atoms with Crippen molar-refractivity contribution in [1.82, 2.24) is 5.32 Å². The molecular formula is C12H18N2O2S. The van der Waals surface area contributed by atoms with Crippen LogP contribution in [0.25, 0.3) is 0 Å². The van der Waals surface area contributed by atoms with Crippen molar-refractivity contribution in [1.29, 1.82) is 0 Å². The fourth-order valence-corrected chi connectivity index (χ4v) is 3.73. The highest BCUT2D eigenvalue weighted by Gasteiger charge is 2.30. The number of hydrogen-bond acceptors (Lipinski definition) is 3. The second-order valence-electron chi connectivity index (χ2n) is 4.31. The molecule has 5 heteroatoms. The molecule has 0 aliphatic carbocycles. The van der Waals surface area contributed by atoms with Gasteiger partial charge in [-0.05, 0) is 32.0 Å². The Morgan fingerprint density at radius 1 is 1.35 bits per heavy atom. The van der Waals surface area contributed by atoms with E-state index in [0.717, 1.165) is 11.3 Å². The van der Waals surface area contributed by atoms with E-state index in [1.807, 2.05) is 38.2 Å². The Morgan fingerprint density at radius 2 is 2.06 bits per heavy atom. The molecule has 1 aromatic carbocycles. The molecule has 1 fully saturated rings. The molecule has 1 saturated heterocycles. The zero-order valence-electron chi connectivity index (χ0n) is 10.2. The second-order valence-corrected chi connectivity index (χ2v) is 6.32. The Hall–Kier alpha value is -1.07. The molecule has 1 N–H and O–H groups in total. The van der Waals surface area contributed by atoms with Crippen LogP contribution < -0.4 is 9.62 Å². The predicted octanol–water partition coefficient (Wildman–Crippen LogP) is 1.51. The minimum Gasteiger partial charge on any atom is -0.313 e. The largest absolute Gasteiger partial charge is 0.313 e. The monoisotopic (exact) mass is 254 g/mol. The maximum absolute atomic E-state index is 11.9. The summed E-state index contributed by atoms with van der Waals surface area (Å²) in [4.78, 5) is 0. The van der Waals surface area contributed by atoms with Crippen LogP contribution in [0.3, 0.4) is 0 Å². The first kappa shape index (κ1) is 12.4. The fraction of sp³-hybridized carbons (Fsp3) is 0.500. The van der Waals surface area contributed by atoms with E-state index >= 15 is 0 Å². The van der Waals surface area contributed by atoms with Gasteiger partial charge in [-0.3, -0.25) is 4.31 Å². The minimum absolute atomic E-state index is 0.141. The van der Waals surface area contributed by atoms with Crippen molar-refractivity contribution in [3.05, 3.63) is 29.8 Å². The Balaban J connectivity index is 2.45. The van der Waals surface area contributed by atoms with Gasteiger partial charge in [0.2, 0.25) is 10.0 Å². The van der Waals surface area contributed by atoms with E-state index < -0.39 is 10.0 Å². The lowest BCUT2D eigenvalue weighted by Crippen LogP contribution is -2.27. The zero-order chi connectivity index (χ0) is 12.5. The molecule has 94 valence electrons. The van der Waals surface area contributed by atoms with E-state index in [-0.39, 0.29) is 11.8 Å². The summed E-state index contributed by atoms with van der Waals surface area (Å²) in [5.74, 6) is 0.259. The summed E-state index contributed by atoms with van der Waals surface area (Å²) in [5, 5.41) is 3.15. The van der Waals surface area contributed by atoms with Crippen LogP contribution in [0, 0.1) is 0 Å². The molecule has 0 bridgehead atoms. The average molecular weight is 254 g/mol. The van der Waals surface area contributed by atoms with E-state index in [1.165, 1.54) is 4.31 Å². The van der Waals surface area contributed by atoms with Crippen molar-refractivity contribution in [3.8, 4) is 0 Å². The lowest BCUT2D eigenvalue weighted by Gasteiger charge is -2.23. The number of hydrogen-bond donors (Lipinski definition) is 1. The molecule has 4 nitrogen and oxygen atoms in total. The number of benzene rings is 1. The lowest BCUT2D eigenvalue weighted by atomic mass is 10.1. The summed E-state index contributed by atoms with van der Waals surface area (Å²) in [6, 6.07) is 7.82. The quantitative estimate of drug-likeness (QED) is 0.889. The average Bonchev–Trinajstić information content (AvgIpc) is 2.68. The van der Waals surface area contributed by atoms with Crippen LogP contribution in [0.5, 0.6) is 0 Å². The van der Waals surface area contributed by atoms with Crippen molar-refractivity contribution < 1.29 is 8.42 Å². The molecule has 1 heterocycles. The molecule has 1 unspecified atom stereocenters. The molecule has 0 saturated carbocycles. The minimum atomic E-state index is -3.10.